The van der Waals surface area contributed by atoms with E-state index in [1.807, 2.05) is 13.8 Å². The number of alkyl halides is 3. The second kappa shape index (κ2) is 6.56. The van der Waals surface area contributed by atoms with E-state index in [9.17, 15) is 13.2 Å². The van der Waals surface area contributed by atoms with Gasteiger partial charge >= 0.3 is 6.18 Å². The smallest absolute Gasteiger partial charge is 0.377 e. The second-order valence-corrected chi connectivity index (χ2v) is 4.99. The lowest BCUT2D eigenvalue weighted by atomic mass is 9.88. The molecule has 3 nitrogen and oxygen atoms in total. The quantitative estimate of drug-likeness (QED) is 0.625. The van der Waals surface area contributed by atoms with Crippen molar-refractivity contribution in [2.75, 3.05) is 7.11 Å². The maximum absolute atomic E-state index is 12.5. The minimum atomic E-state index is -4.31. The van der Waals surface area contributed by atoms with Crippen molar-refractivity contribution in [3.63, 3.8) is 0 Å². The van der Waals surface area contributed by atoms with E-state index in [1.54, 1.807) is 7.11 Å². The Morgan fingerprint density at radius 2 is 1.80 bits per heavy atom. The van der Waals surface area contributed by atoms with Gasteiger partial charge in [-0.15, -0.1) is 0 Å². The van der Waals surface area contributed by atoms with Crippen molar-refractivity contribution in [1.29, 1.82) is 0 Å². The van der Waals surface area contributed by atoms with Gasteiger partial charge in [0.15, 0.2) is 0 Å². The fraction of sp³-hybridized carbons (Fsp3) is 0.571. The minimum Gasteiger partial charge on any atom is -0.377 e. The Morgan fingerprint density at radius 3 is 2.15 bits per heavy atom. The molecule has 0 saturated carbocycles. The Hall–Kier alpha value is -1.11. The second-order valence-electron chi connectivity index (χ2n) is 4.99. The third-order valence-electron chi connectivity index (χ3n) is 3.83. The summed E-state index contributed by atoms with van der Waals surface area (Å²) in [5.41, 5.74) is 2.34. The van der Waals surface area contributed by atoms with E-state index in [1.165, 1.54) is 12.1 Å². The molecule has 20 heavy (non-hydrogen) atoms. The highest BCUT2D eigenvalue weighted by atomic mass is 19.4. The summed E-state index contributed by atoms with van der Waals surface area (Å²) in [7, 11) is 1.60. The highest BCUT2D eigenvalue weighted by molar-refractivity contribution is 5.25. The molecule has 0 saturated heterocycles. The molecule has 0 aliphatic heterocycles. The van der Waals surface area contributed by atoms with Crippen LogP contribution >= 0.6 is 0 Å². The molecular weight excluding hydrogens is 269 g/mol. The number of ether oxygens (including phenoxy) is 1. The maximum Gasteiger partial charge on any atom is 0.416 e. The minimum absolute atomic E-state index is 0.186. The van der Waals surface area contributed by atoms with Gasteiger partial charge in [-0.25, -0.2) is 0 Å². The van der Waals surface area contributed by atoms with E-state index in [0.29, 0.717) is 6.42 Å². The molecule has 0 radical (unpaired) electrons. The van der Waals surface area contributed by atoms with Crippen LogP contribution in [0, 0.1) is 0 Å². The lowest BCUT2D eigenvalue weighted by molar-refractivity contribution is -0.137. The molecule has 1 aromatic rings. The van der Waals surface area contributed by atoms with E-state index in [2.05, 4.69) is 5.43 Å². The highest BCUT2D eigenvalue weighted by Crippen LogP contribution is 2.29. The molecule has 0 amide bonds. The number of nitrogens with two attached hydrogens (primary N) is 1. The molecule has 2 atom stereocenters. The Labute approximate surface area is 117 Å². The predicted molar refractivity (Wildman–Crippen MR) is 72.0 cm³/mol. The summed E-state index contributed by atoms with van der Waals surface area (Å²) in [5, 5.41) is 0. The van der Waals surface area contributed by atoms with E-state index in [0.717, 1.165) is 24.1 Å². The average molecular weight is 290 g/mol. The first-order chi connectivity index (χ1) is 9.26. The van der Waals surface area contributed by atoms with Crippen LogP contribution in [0.3, 0.4) is 0 Å². The first-order valence-corrected chi connectivity index (χ1v) is 6.44. The van der Waals surface area contributed by atoms with E-state index >= 15 is 0 Å². The van der Waals surface area contributed by atoms with Gasteiger partial charge in [-0.1, -0.05) is 19.1 Å². The first-order valence-electron chi connectivity index (χ1n) is 6.44. The lowest BCUT2D eigenvalue weighted by Gasteiger charge is -2.35. The Balaban J connectivity index is 2.86. The number of nitrogens with one attached hydrogen (secondary N) is 1. The molecule has 0 fully saturated rings. The number of hydrogen-bond acceptors (Lipinski definition) is 3. The van der Waals surface area contributed by atoms with Crippen molar-refractivity contribution in [2.24, 2.45) is 5.84 Å². The number of rotatable bonds is 6. The lowest BCUT2D eigenvalue weighted by Crippen LogP contribution is -2.53. The van der Waals surface area contributed by atoms with Crippen LogP contribution in [0.2, 0.25) is 0 Å². The molecule has 6 heteroatoms. The van der Waals surface area contributed by atoms with Crippen LogP contribution in [-0.2, 0) is 17.3 Å². The Morgan fingerprint density at radius 1 is 1.25 bits per heavy atom. The van der Waals surface area contributed by atoms with Crippen LogP contribution in [-0.4, -0.2) is 18.8 Å². The monoisotopic (exact) mass is 290 g/mol. The zero-order chi connectivity index (χ0) is 15.4. The van der Waals surface area contributed by atoms with E-state index in [4.69, 9.17) is 10.6 Å². The van der Waals surface area contributed by atoms with E-state index in [-0.39, 0.29) is 6.04 Å². The molecule has 0 aromatic heterocycles. The van der Waals surface area contributed by atoms with Crippen LogP contribution in [0.5, 0.6) is 0 Å². The topological polar surface area (TPSA) is 47.3 Å². The maximum atomic E-state index is 12.5. The van der Waals surface area contributed by atoms with Crippen LogP contribution in [0.25, 0.3) is 0 Å². The van der Waals surface area contributed by atoms with Crippen molar-refractivity contribution < 1.29 is 17.9 Å². The molecule has 0 heterocycles. The van der Waals surface area contributed by atoms with Crippen LogP contribution in [0.4, 0.5) is 13.2 Å². The fourth-order valence-electron chi connectivity index (χ4n) is 2.05. The molecule has 0 spiro atoms. The number of halogens is 3. The molecule has 1 rings (SSSR count). The summed E-state index contributed by atoms with van der Waals surface area (Å²) < 4.78 is 43.0. The van der Waals surface area contributed by atoms with Gasteiger partial charge in [0.05, 0.1) is 17.2 Å². The first kappa shape index (κ1) is 16.9. The van der Waals surface area contributed by atoms with Crippen LogP contribution in [0.1, 0.15) is 31.4 Å². The number of methoxy groups -OCH3 is 1. The standard InChI is InChI=1S/C14H21F3N2O/c1-4-13(2,20-3)12(19-18)9-10-5-7-11(8-6-10)14(15,16)17/h5-8,12,19H,4,9,18H2,1-3H3. The van der Waals surface area contributed by atoms with Gasteiger partial charge < -0.3 is 4.74 Å². The number of hydrogen-bond donors (Lipinski definition) is 2. The van der Waals surface area contributed by atoms with Gasteiger partial charge in [0, 0.05) is 7.11 Å². The van der Waals surface area contributed by atoms with Crippen molar-refractivity contribution in [2.45, 2.75) is 44.5 Å². The fourth-order valence-corrected chi connectivity index (χ4v) is 2.05. The average Bonchev–Trinajstić information content (AvgIpc) is 2.43. The highest BCUT2D eigenvalue weighted by Gasteiger charge is 2.33. The normalized spacial score (nSPS) is 16.8. The van der Waals surface area contributed by atoms with Gasteiger partial charge in [0.1, 0.15) is 0 Å². The van der Waals surface area contributed by atoms with Gasteiger partial charge in [-0.3, -0.25) is 11.3 Å². The molecule has 0 bridgehead atoms. The summed E-state index contributed by atoms with van der Waals surface area (Å²) in [5.74, 6) is 5.55. The zero-order valence-electron chi connectivity index (χ0n) is 11.9. The van der Waals surface area contributed by atoms with Crippen LogP contribution < -0.4 is 11.3 Å². The van der Waals surface area contributed by atoms with Gasteiger partial charge in [0.2, 0.25) is 0 Å². The van der Waals surface area contributed by atoms with Crippen molar-refractivity contribution in [3.8, 4) is 0 Å². The number of hydrazine groups is 1. The van der Waals surface area contributed by atoms with Crippen LogP contribution in [0.15, 0.2) is 24.3 Å². The van der Waals surface area contributed by atoms with Crippen molar-refractivity contribution in [1.82, 2.24) is 5.43 Å². The summed E-state index contributed by atoms with van der Waals surface area (Å²) >= 11 is 0. The third kappa shape index (κ3) is 3.94. The molecule has 2 unspecified atom stereocenters. The summed E-state index contributed by atoms with van der Waals surface area (Å²) in [4.78, 5) is 0. The largest absolute Gasteiger partial charge is 0.416 e. The van der Waals surface area contributed by atoms with Crippen molar-refractivity contribution in [3.05, 3.63) is 35.4 Å². The summed E-state index contributed by atoms with van der Waals surface area (Å²) in [6.07, 6.45) is -3.08. The van der Waals surface area contributed by atoms with Gasteiger partial charge in [0.25, 0.3) is 0 Å². The molecule has 0 aliphatic rings. The van der Waals surface area contributed by atoms with E-state index < -0.39 is 17.3 Å². The molecule has 1 aromatic carbocycles. The third-order valence-corrected chi connectivity index (χ3v) is 3.83. The van der Waals surface area contributed by atoms with Gasteiger partial charge in [-0.05, 0) is 37.5 Å². The Bertz CT molecular complexity index is 413. The zero-order valence-corrected chi connectivity index (χ0v) is 11.9. The van der Waals surface area contributed by atoms with Crippen molar-refractivity contribution >= 4 is 0 Å². The summed E-state index contributed by atoms with van der Waals surface area (Å²) in [6, 6.07) is 4.92. The molecule has 3 N–H and O–H groups in total. The summed E-state index contributed by atoms with van der Waals surface area (Å²) in [6.45, 7) is 3.89. The SMILES string of the molecule is CCC(C)(OC)C(Cc1ccc(C(F)(F)F)cc1)NN. The number of benzene rings is 1. The predicted octanol–water partition coefficient (Wildman–Crippen LogP) is 2.89. The Kier molecular flexibility index (Phi) is 5.56. The molecular formula is C14H21F3N2O. The molecule has 114 valence electrons. The van der Waals surface area contributed by atoms with Gasteiger partial charge in [-0.2, -0.15) is 13.2 Å². The molecule has 0 aliphatic carbocycles.